The standard InChI is InChI=1S/C28H36N2O3/c1-28-10-9-21-20-8-6-19(31)15-18(20)5-7-23(21)27(28)22(24-16-29-17-25(24)28)3-2-4-26(32)30-11-13-33-14-12-30/h6,8,15-16,21-23,27,31H,2-5,7,9-14,17H2,1H3/t21-,22-,23-,27+,28-/m1/s1. The number of rotatable bonds is 4. The SMILES string of the molecule is C[C@]12CC[C@@H]3c4ccc(O)cc4CC[C@H]3[C@@H]1[C@H](CCCC(=O)N1CCOCC1)C1=C2CN=C1. The number of amides is 1. The minimum atomic E-state index is 0.250. The zero-order chi connectivity index (χ0) is 22.6. The maximum Gasteiger partial charge on any atom is 0.222 e. The van der Waals surface area contributed by atoms with Crippen molar-refractivity contribution in [1.82, 2.24) is 4.90 Å². The Balaban J connectivity index is 1.23. The third-order valence-corrected chi connectivity index (χ3v) is 9.58. The van der Waals surface area contributed by atoms with E-state index >= 15 is 0 Å². The van der Waals surface area contributed by atoms with Crippen molar-refractivity contribution >= 4 is 12.1 Å². The van der Waals surface area contributed by atoms with E-state index in [0.29, 0.717) is 55.0 Å². The van der Waals surface area contributed by atoms with Crippen LogP contribution in [0.4, 0.5) is 0 Å². The van der Waals surface area contributed by atoms with Crippen LogP contribution in [0.15, 0.2) is 34.3 Å². The number of aliphatic imine (C=N–C) groups is 1. The Morgan fingerprint density at radius 1 is 1.27 bits per heavy atom. The highest BCUT2D eigenvalue weighted by atomic mass is 16.5. The van der Waals surface area contributed by atoms with Gasteiger partial charge in [0.25, 0.3) is 0 Å². The van der Waals surface area contributed by atoms with E-state index in [9.17, 15) is 9.90 Å². The molecule has 5 nitrogen and oxygen atoms in total. The molecule has 3 aliphatic carbocycles. The highest BCUT2D eigenvalue weighted by Gasteiger charge is 2.57. The van der Waals surface area contributed by atoms with Gasteiger partial charge in [0, 0.05) is 25.7 Å². The minimum absolute atomic E-state index is 0.250. The molecule has 176 valence electrons. The van der Waals surface area contributed by atoms with Gasteiger partial charge >= 0.3 is 0 Å². The maximum absolute atomic E-state index is 12.7. The fraction of sp³-hybridized carbons (Fsp3) is 0.643. The second-order valence-corrected chi connectivity index (χ2v) is 11.1. The molecule has 5 heteroatoms. The quantitative estimate of drug-likeness (QED) is 0.738. The van der Waals surface area contributed by atoms with Gasteiger partial charge in [-0.2, -0.15) is 0 Å². The highest BCUT2D eigenvalue weighted by Crippen LogP contribution is 2.65. The Bertz CT molecular complexity index is 1010. The average Bonchev–Trinajstić information content (AvgIpc) is 3.41. The Hall–Kier alpha value is -2.14. The molecule has 0 radical (unpaired) electrons. The van der Waals surface area contributed by atoms with Crippen LogP contribution in [0.2, 0.25) is 0 Å². The van der Waals surface area contributed by atoms with Crippen molar-refractivity contribution in [2.45, 2.75) is 57.8 Å². The number of hydrogen-bond donors (Lipinski definition) is 1. The summed E-state index contributed by atoms with van der Waals surface area (Å²) in [6.45, 7) is 6.22. The van der Waals surface area contributed by atoms with E-state index < -0.39 is 0 Å². The molecule has 6 rings (SSSR count). The van der Waals surface area contributed by atoms with Gasteiger partial charge in [0.05, 0.1) is 19.8 Å². The number of hydrogen-bond acceptors (Lipinski definition) is 4. The largest absolute Gasteiger partial charge is 0.508 e. The average molecular weight is 449 g/mol. The molecule has 1 N–H and O–H groups in total. The number of ether oxygens (including phenoxy) is 1. The van der Waals surface area contributed by atoms with Crippen LogP contribution in [0.3, 0.4) is 0 Å². The molecule has 2 fully saturated rings. The molecule has 0 spiro atoms. The Morgan fingerprint density at radius 3 is 2.97 bits per heavy atom. The molecule has 5 atom stereocenters. The van der Waals surface area contributed by atoms with Gasteiger partial charge in [0.2, 0.25) is 5.91 Å². The van der Waals surface area contributed by atoms with Crippen LogP contribution < -0.4 is 0 Å². The van der Waals surface area contributed by atoms with E-state index in [4.69, 9.17) is 9.73 Å². The summed E-state index contributed by atoms with van der Waals surface area (Å²) in [4.78, 5) is 19.4. The first-order valence-electron chi connectivity index (χ1n) is 13.0. The zero-order valence-corrected chi connectivity index (χ0v) is 19.8. The molecule has 0 aromatic heterocycles. The van der Waals surface area contributed by atoms with Gasteiger partial charge in [-0.05, 0) is 102 Å². The second-order valence-electron chi connectivity index (χ2n) is 11.1. The molecular formula is C28H36N2O3. The first kappa shape index (κ1) is 21.4. The molecule has 1 saturated heterocycles. The topological polar surface area (TPSA) is 62.1 Å². The Morgan fingerprint density at radius 2 is 2.12 bits per heavy atom. The summed E-state index contributed by atoms with van der Waals surface area (Å²) < 4.78 is 5.41. The number of carbonyl (C=O) groups is 1. The third-order valence-electron chi connectivity index (χ3n) is 9.58. The number of benzene rings is 1. The smallest absolute Gasteiger partial charge is 0.222 e. The van der Waals surface area contributed by atoms with E-state index in [1.165, 1.54) is 36.0 Å². The highest BCUT2D eigenvalue weighted by molar-refractivity contribution is 5.85. The van der Waals surface area contributed by atoms with E-state index in [1.807, 2.05) is 17.0 Å². The number of fused-ring (bicyclic) bond motifs is 6. The van der Waals surface area contributed by atoms with Crippen LogP contribution in [-0.4, -0.2) is 55.0 Å². The molecule has 0 unspecified atom stereocenters. The summed E-state index contributed by atoms with van der Waals surface area (Å²) in [7, 11) is 0. The summed E-state index contributed by atoms with van der Waals surface area (Å²) in [5.74, 6) is 3.14. The number of phenolic OH excluding ortho intramolecular Hbond substituents is 1. The van der Waals surface area contributed by atoms with E-state index in [1.54, 1.807) is 5.57 Å². The van der Waals surface area contributed by atoms with Gasteiger partial charge in [-0.3, -0.25) is 9.79 Å². The van der Waals surface area contributed by atoms with Crippen LogP contribution in [0.5, 0.6) is 5.75 Å². The molecule has 1 amide bonds. The summed E-state index contributed by atoms with van der Waals surface area (Å²) in [6.07, 6.45) is 9.61. The fourth-order valence-electron chi connectivity index (χ4n) is 8.12. The van der Waals surface area contributed by atoms with Gasteiger partial charge in [-0.25, -0.2) is 0 Å². The van der Waals surface area contributed by atoms with Crippen molar-refractivity contribution < 1.29 is 14.6 Å². The maximum atomic E-state index is 12.7. The molecule has 2 heterocycles. The summed E-state index contributed by atoms with van der Waals surface area (Å²) in [5, 5.41) is 10.0. The number of aromatic hydroxyl groups is 1. The van der Waals surface area contributed by atoms with Crippen molar-refractivity contribution in [1.29, 1.82) is 0 Å². The molecule has 33 heavy (non-hydrogen) atoms. The number of allylic oxidation sites excluding steroid dienone is 1. The number of phenols is 1. The Labute approximate surface area is 196 Å². The molecule has 0 bridgehead atoms. The third kappa shape index (κ3) is 3.46. The lowest BCUT2D eigenvalue weighted by molar-refractivity contribution is -0.135. The summed E-state index contributed by atoms with van der Waals surface area (Å²) >= 11 is 0. The predicted molar refractivity (Wildman–Crippen MR) is 129 cm³/mol. The zero-order valence-electron chi connectivity index (χ0n) is 19.8. The summed E-state index contributed by atoms with van der Waals surface area (Å²) in [5.41, 5.74) is 6.20. The first-order valence-corrected chi connectivity index (χ1v) is 13.0. The second kappa shape index (κ2) is 8.26. The van der Waals surface area contributed by atoms with E-state index in [2.05, 4.69) is 19.2 Å². The van der Waals surface area contributed by atoms with E-state index in [-0.39, 0.29) is 5.41 Å². The van der Waals surface area contributed by atoms with Crippen molar-refractivity contribution in [2.24, 2.45) is 28.2 Å². The Kier molecular flexibility index (Phi) is 5.36. The van der Waals surface area contributed by atoms with Crippen molar-refractivity contribution in [3.05, 3.63) is 40.5 Å². The minimum Gasteiger partial charge on any atom is -0.508 e. The van der Waals surface area contributed by atoms with Crippen LogP contribution in [0.1, 0.15) is 62.5 Å². The monoisotopic (exact) mass is 448 g/mol. The number of morpholine rings is 1. The predicted octanol–water partition coefficient (Wildman–Crippen LogP) is 4.49. The van der Waals surface area contributed by atoms with Crippen molar-refractivity contribution in [3.63, 3.8) is 0 Å². The molecule has 2 aliphatic heterocycles. The van der Waals surface area contributed by atoms with Gasteiger partial charge in [-0.15, -0.1) is 0 Å². The molecular weight excluding hydrogens is 412 g/mol. The van der Waals surface area contributed by atoms with Crippen molar-refractivity contribution in [2.75, 3.05) is 32.8 Å². The first-order chi connectivity index (χ1) is 16.1. The molecule has 5 aliphatic rings. The lowest BCUT2D eigenvalue weighted by Crippen LogP contribution is -2.44. The van der Waals surface area contributed by atoms with Gasteiger partial charge in [-0.1, -0.05) is 13.0 Å². The molecule has 1 saturated carbocycles. The normalized spacial score (nSPS) is 34.6. The van der Waals surface area contributed by atoms with E-state index in [0.717, 1.165) is 38.9 Å². The number of carbonyl (C=O) groups excluding carboxylic acids is 1. The van der Waals surface area contributed by atoms with Crippen LogP contribution in [0.25, 0.3) is 0 Å². The summed E-state index contributed by atoms with van der Waals surface area (Å²) in [6, 6.07) is 6.06. The van der Waals surface area contributed by atoms with Crippen LogP contribution in [-0.2, 0) is 16.0 Å². The lowest BCUT2D eigenvalue weighted by Gasteiger charge is -2.52. The van der Waals surface area contributed by atoms with Gasteiger partial charge < -0.3 is 14.7 Å². The van der Waals surface area contributed by atoms with Gasteiger partial charge in [0.1, 0.15) is 5.75 Å². The molecule has 1 aromatic rings. The molecule has 1 aromatic carbocycles. The van der Waals surface area contributed by atoms with Crippen molar-refractivity contribution in [3.8, 4) is 5.75 Å². The fourth-order valence-corrected chi connectivity index (χ4v) is 8.12. The van der Waals surface area contributed by atoms with Crippen LogP contribution >= 0.6 is 0 Å². The lowest BCUT2D eigenvalue weighted by atomic mass is 9.52. The number of aryl methyl sites for hydroxylation is 1. The van der Waals surface area contributed by atoms with Gasteiger partial charge in [0.15, 0.2) is 0 Å². The van der Waals surface area contributed by atoms with Crippen LogP contribution in [0, 0.1) is 23.2 Å². The number of nitrogens with zero attached hydrogens (tertiary/aromatic N) is 2.